The molecule has 0 saturated carbocycles. The molecule has 38 heavy (non-hydrogen) atoms. The molecule has 0 saturated heterocycles. The first-order chi connectivity index (χ1) is 18.5. The summed E-state index contributed by atoms with van der Waals surface area (Å²) in [4.78, 5) is 21.7. The number of para-hydroxylation sites is 2. The van der Waals surface area contributed by atoms with Crippen molar-refractivity contribution in [3.8, 4) is 0 Å². The number of carbonyl (C=O) groups is 1. The van der Waals surface area contributed by atoms with Gasteiger partial charge >= 0.3 is 0 Å². The van der Waals surface area contributed by atoms with Crippen LogP contribution < -0.4 is 9.80 Å². The number of halogens is 2. The number of carbonyl (C=O) groups excluding carboxylic acids is 1. The van der Waals surface area contributed by atoms with E-state index >= 15 is 0 Å². The number of aliphatic imine (C=N–C) groups is 2. The lowest BCUT2D eigenvalue weighted by molar-refractivity contribution is -0.0979. The van der Waals surface area contributed by atoms with Gasteiger partial charge in [0, 0.05) is 21.4 Å². The average Bonchev–Trinajstić information content (AvgIpc) is 2.95. The van der Waals surface area contributed by atoms with Crippen LogP contribution in [-0.2, 0) is 17.9 Å². The number of hydrogen-bond acceptors (Lipinski definition) is 5. The minimum Gasteiger partial charge on any atom is -0.326 e. The molecule has 0 amide bonds. The molecule has 7 heteroatoms. The van der Waals surface area contributed by atoms with Crippen molar-refractivity contribution >= 4 is 64.4 Å². The number of nitrogens with zero attached hydrogens (tertiary/aromatic N) is 4. The second kappa shape index (κ2) is 12.5. The molecule has 0 N–H and O–H groups in total. The monoisotopic (exact) mass is 542 g/mol. The molecule has 4 aromatic rings. The molecule has 0 radical (unpaired) electrons. The van der Waals surface area contributed by atoms with Crippen LogP contribution in [0.25, 0.3) is 0 Å². The lowest BCUT2D eigenvalue weighted by atomic mass is 10.1. The highest BCUT2D eigenvalue weighted by molar-refractivity contribution is 6.31. The van der Waals surface area contributed by atoms with E-state index in [9.17, 15) is 0 Å². The third-order valence-electron chi connectivity index (χ3n) is 6.26. The van der Waals surface area contributed by atoms with Crippen LogP contribution in [0.5, 0.6) is 0 Å². The van der Waals surface area contributed by atoms with E-state index < -0.39 is 0 Å². The number of hydrogen-bond donors (Lipinski definition) is 0. The second-order valence-electron chi connectivity index (χ2n) is 8.70. The topological polar surface area (TPSA) is 48.3 Å². The molecule has 2 aliphatic rings. The van der Waals surface area contributed by atoms with E-state index in [0.29, 0.717) is 0 Å². The predicted molar refractivity (Wildman–Crippen MR) is 161 cm³/mol. The lowest BCUT2D eigenvalue weighted by Gasteiger charge is -2.28. The van der Waals surface area contributed by atoms with Crippen molar-refractivity contribution in [1.82, 2.24) is 0 Å². The number of benzene rings is 4. The van der Waals surface area contributed by atoms with Crippen molar-refractivity contribution in [2.45, 2.75) is 26.9 Å². The number of rotatable bonds is 2. The molecule has 4 aromatic carbocycles. The largest absolute Gasteiger partial charge is 0.326 e. The van der Waals surface area contributed by atoms with Gasteiger partial charge < -0.3 is 14.6 Å². The molecular formula is C31H28Cl2N4O. The van der Waals surface area contributed by atoms with Crippen molar-refractivity contribution < 1.29 is 4.79 Å². The Labute approximate surface area is 233 Å². The minimum absolute atomic E-state index is 0.755. The van der Waals surface area contributed by atoms with Crippen molar-refractivity contribution in [2.75, 3.05) is 9.80 Å². The molecule has 0 spiro atoms. The smallest absolute Gasteiger partial charge is 0.106 e. The summed E-state index contributed by atoms with van der Waals surface area (Å²) in [5, 5.41) is 1.51. The molecule has 2 heterocycles. The van der Waals surface area contributed by atoms with Gasteiger partial charge in [-0.3, -0.25) is 0 Å². The zero-order valence-corrected chi connectivity index (χ0v) is 22.8. The van der Waals surface area contributed by atoms with Crippen LogP contribution in [-0.4, -0.2) is 18.5 Å². The van der Waals surface area contributed by atoms with Crippen LogP contribution >= 0.6 is 23.2 Å². The van der Waals surface area contributed by atoms with Crippen molar-refractivity contribution in [3.05, 3.63) is 118 Å². The fraction of sp³-hybridized carbons (Fsp3) is 0.129. The van der Waals surface area contributed by atoms with E-state index in [-0.39, 0.29) is 0 Å². The average molecular weight is 543 g/mol. The Morgan fingerprint density at radius 3 is 1.29 bits per heavy atom. The first-order valence-corrected chi connectivity index (χ1v) is 12.8. The van der Waals surface area contributed by atoms with E-state index in [1.165, 1.54) is 11.1 Å². The van der Waals surface area contributed by atoms with Gasteiger partial charge in [-0.15, -0.1) is 0 Å². The third kappa shape index (κ3) is 6.31. The maximum absolute atomic E-state index is 8.00. The quantitative estimate of drug-likeness (QED) is 0.254. The van der Waals surface area contributed by atoms with Crippen LogP contribution in [0.2, 0.25) is 10.0 Å². The Balaban J connectivity index is 0.000000166. The number of fused-ring (bicyclic) bond motifs is 2. The minimum atomic E-state index is 0.755. The van der Waals surface area contributed by atoms with Crippen molar-refractivity contribution in [1.29, 1.82) is 0 Å². The molecule has 2 aliphatic heterocycles. The van der Waals surface area contributed by atoms with Crippen LogP contribution in [0.3, 0.4) is 0 Å². The predicted octanol–water partition coefficient (Wildman–Crippen LogP) is 8.64. The summed E-state index contributed by atoms with van der Waals surface area (Å²) in [7, 11) is 0. The molecule has 192 valence electrons. The maximum atomic E-state index is 8.00. The van der Waals surface area contributed by atoms with Gasteiger partial charge in [-0.05, 0) is 85.6 Å². The first-order valence-electron chi connectivity index (χ1n) is 12.1. The Morgan fingerprint density at radius 2 is 0.921 bits per heavy atom. The van der Waals surface area contributed by atoms with Gasteiger partial charge in [-0.2, -0.15) is 0 Å². The number of amidine groups is 2. The van der Waals surface area contributed by atoms with Gasteiger partial charge in [0.2, 0.25) is 0 Å². The zero-order valence-electron chi connectivity index (χ0n) is 21.3. The van der Waals surface area contributed by atoms with Crippen LogP contribution in [0.1, 0.15) is 25.0 Å². The Bertz CT molecular complexity index is 1340. The van der Waals surface area contributed by atoms with E-state index in [1.807, 2.05) is 81.3 Å². The summed E-state index contributed by atoms with van der Waals surface area (Å²) < 4.78 is 0. The second-order valence-corrected chi connectivity index (χ2v) is 9.57. The van der Waals surface area contributed by atoms with Crippen LogP contribution in [0.4, 0.5) is 22.7 Å². The van der Waals surface area contributed by atoms with Crippen molar-refractivity contribution in [2.24, 2.45) is 9.98 Å². The SMILES string of the molecule is C=O.CC1=Nc2ccccc2CN1c1ccc(Cl)cc1.CC1=Nc2ccccc2CN1c1ccc(Cl)cc1. The molecule has 0 bridgehead atoms. The van der Waals surface area contributed by atoms with Gasteiger partial charge in [-0.25, -0.2) is 9.98 Å². The van der Waals surface area contributed by atoms with Gasteiger partial charge in [0.25, 0.3) is 0 Å². The van der Waals surface area contributed by atoms with Gasteiger partial charge in [0.05, 0.1) is 24.5 Å². The molecule has 0 atom stereocenters. The number of anilines is 2. The highest BCUT2D eigenvalue weighted by atomic mass is 35.5. The molecule has 0 aromatic heterocycles. The highest BCUT2D eigenvalue weighted by Gasteiger charge is 2.18. The lowest BCUT2D eigenvalue weighted by Crippen LogP contribution is -2.30. The fourth-order valence-corrected chi connectivity index (χ4v) is 4.60. The van der Waals surface area contributed by atoms with E-state index in [2.05, 4.69) is 56.2 Å². The Hall–Kier alpha value is -3.93. The third-order valence-corrected chi connectivity index (χ3v) is 6.77. The van der Waals surface area contributed by atoms with Gasteiger partial charge in [0.15, 0.2) is 0 Å². The Morgan fingerprint density at radius 1 is 0.579 bits per heavy atom. The summed E-state index contributed by atoms with van der Waals surface area (Å²) in [6.07, 6.45) is 0. The van der Waals surface area contributed by atoms with Crippen LogP contribution in [0, 0.1) is 0 Å². The Kier molecular flexibility index (Phi) is 8.95. The summed E-state index contributed by atoms with van der Waals surface area (Å²) in [5.41, 5.74) is 6.88. The molecule has 0 fully saturated rings. The molecule has 6 rings (SSSR count). The molecule has 0 unspecified atom stereocenters. The van der Waals surface area contributed by atoms with E-state index in [4.69, 9.17) is 28.0 Å². The summed E-state index contributed by atoms with van der Waals surface area (Å²) in [6, 6.07) is 32.2. The zero-order chi connectivity index (χ0) is 27.1. The summed E-state index contributed by atoms with van der Waals surface area (Å²) in [5.74, 6) is 2.02. The van der Waals surface area contributed by atoms with Crippen molar-refractivity contribution in [3.63, 3.8) is 0 Å². The van der Waals surface area contributed by atoms with E-state index in [1.54, 1.807) is 0 Å². The van der Waals surface area contributed by atoms with E-state index in [0.717, 1.165) is 57.6 Å². The molecular weight excluding hydrogens is 515 g/mol. The summed E-state index contributed by atoms with van der Waals surface area (Å²) in [6.45, 7) is 7.77. The first kappa shape index (κ1) is 27.1. The summed E-state index contributed by atoms with van der Waals surface area (Å²) >= 11 is 11.8. The highest BCUT2D eigenvalue weighted by Crippen LogP contribution is 2.31. The maximum Gasteiger partial charge on any atom is 0.106 e. The fourth-order valence-electron chi connectivity index (χ4n) is 4.34. The molecule has 0 aliphatic carbocycles. The van der Waals surface area contributed by atoms with Crippen LogP contribution in [0.15, 0.2) is 107 Å². The molecule has 5 nitrogen and oxygen atoms in total. The van der Waals surface area contributed by atoms with Gasteiger partial charge in [0.1, 0.15) is 18.5 Å². The van der Waals surface area contributed by atoms with Gasteiger partial charge in [-0.1, -0.05) is 59.6 Å². The standard InChI is InChI=1S/2C15H13ClN2.CH2O/c2*1-11-17-15-5-3-2-4-12(15)10-18(11)14-8-6-13(16)7-9-14;1-2/h2*2-9H,10H2,1H3;1H2. The normalized spacial score (nSPS) is 13.5.